The van der Waals surface area contributed by atoms with Crippen LogP contribution in [0.5, 0.6) is 0 Å². The van der Waals surface area contributed by atoms with Crippen molar-refractivity contribution in [3.63, 3.8) is 0 Å². The van der Waals surface area contributed by atoms with Crippen molar-refractivity contribution >= 4 is 0 Å². The lowest BCUT2D eigenvalue weighted by atomic mass is 9.83. The van der Waals surface area contributed by atoms with E-state index in [0.717, 1.165) is 18.5 Å². The summed E-state index contributed by atoms with van der Waals surface area (Å²) in [5, 5.41) is 10.7. The number of rotatable bonds is 2. The van der Waals surface area contributed by atoms with E-state index in [1.165, 1.54) is 12.8 Å². The zero-order valence-electron chi connectivity index (χ0n) is 10.2. The largest absolute Gasteiger partial charge is 0.384 e. The lowest BCUT2D eigenvalue weighted by molar-refractivity contribution is -0.0450. The van der Waals surface area contributed by atoms with E-state index >= 15 is 0 Å². The Hall–Kier alpha value is -0.860. The molecule has 88 valence electrons. The number of likely N-dealkylation sites (tertiary alicyclic amines) is 1. The van der Waals surface area contributed by atoms with Crippen LogP contribution >= 0.6 is 0 Å². The molecule has 1 aliphatic rings. The third-order valence-electron chi connectivity index (χ3n) is 3.78. The van der Waals surface area contributed by atoms with E-state index in [-0.39, 0.29) is 6.04 Å². The highest BCUT2D eigenvalue weighted by Crippen LogP contribution is 2.32. The molecule has 0 spiro atoms. The fraction of sp³-hybridized carbons (Fsp3) is 0.571. The first kappa shape index (κ1) is 11.6. The number of benzene rings is 1. The number of likely N-dealkylation sites (N-methyl/N-ethyl adjacent to an activating group) is 1. The Morgan fingerprint density at radius 2 is 1.94 bits per heavy atom. The molecular formula is C14H21NO. The van der Waals surface area contributed by atoms with Crippen LogP contribution in [-0.2, 0) is 5.60 Å². The van der Waals surface area contributed by atoms with Crippen LogP contribution in [-0.4, -0.2) is 29.6 Å². The molecule has 1 fully saturated rings. The van der Waals surface area contributed by atoms with Crippen molar-refractivity contribution in [2.45, 2.75) is 37.8 Å². The fourth-order valence-electron chi connectivity index (χ4n) is 2.75. The van der Waals surface area contributed by atoms with E-state index < -0.39 is 5.60 Å². The van der Waals surface area contributed by atoms with Gasteiger partial charge in [-0.15, -0.1) is 0 Å². The average Bonchev–Trinajstić information content (AvgIpc) is 2.30. The maximum atomic E-state index is 10.7. The highest BCUT2D eigenvalue weighted by atomic mass is 16.3. The summed E-state index contributed by atoms with van der Waals surface area (Å²) in [4.78, 5) is 2.29. The number of hydrogen-bond acceptors (Lipinski definition) is 2. The summed E-state index contributed by atoms with van der Waals surface area (Å²) in [7, 11) is 2.11. The summed E-state index contributed by atoms with van der Waals surface area (Å²) in [6.45, 7) is 3.03. The fourth-order valence-corrected chi connectivity index (χ4v) is 2.75. The van der Waals surface area contributed by atoms with Gasteiger partial charge in [-0.3, -0.25) is 0 Å². The van der Waals surface area contributed by atoms with Crippen LogP contribution in [0.4, 0.5) is 0 Å². The lowest BCUT2D eigenvalue weighted by Gasteiger charge is -2.42. The molecule has 1 saturated heterocycles. The number of nitrogens with zero attached hydrogens (tertiary/aromatic N) is 1. The molecule has 0 bridgehead atoms. The maximum absolute atomic E-state index is 10.7. The van der Waals surface area contributed by atoms with Gasteiger partial charge < -0.3 is 10.0 Å². The van der Waals surface area contributed by atoms with Crippen LogP contribution in [0.25, 0.3) is 0 Å². The Kier molecular flexibility index (Phi) is 3.31. The smallest absolute Gasteiger partial charge is 0.102 e. The van der Waals surface area contributed by atoms with Gasteiger partial charge in [0.15, 0.2) is 0 Å². The third kappa shape index (κ3) is 2.13. The van der Waals surface area contributed by atoms with Crippen molar-refractivity contribution in [3.05, 3.63) is 35.9 Å². The highest BCUT2D eigenvalue weighted by molar-refractivity contribution is 5.23. The van der Waals surface area contributed by atoms with Gasteiger partial charge in [-0.2, -0.15) is 0 Å². The quantitative estimate of drug-likeness (QED) is 0.825. The summed E-state index contributed by atoms with van der Waals surface area (Å²) in [6, 6.07) is 10.2. The topological polar surface area (TPSA) is 23.5 Å². The molecule has 1 heterocycles. The number of hydrogen-bond donors (Lipinski definition) is 1. The van der Waals surface area contributed by atoms with E-state index in [9.17, 15) is 5.11 Å². The molecule has 0 amide bonds. The minimum Gasteiger partial charge on any atom is -0.384 e. The standard InChI is InChI=1S/C14H21NO/c1-14(16,12-8-4-3-5-9-12)13-10-6-7-11-15(13)2/h3-5,8-9,13,16H,6-7,10-11H2,1-2H3/t13-,14-/m1/s1. The predicted octanol–water partition coefficient (Wildman–Crippen LogP) is 2.38. The summed E-state index contributed by atoms with van der Waals surface area (Å²) in [5.41, 5.74) is 0.282. The molecule has 0 unspecified atom stereocenters. The van der Waals surface area contributed by atoms with Crippen LogP contribution in [0.2, 0.25) is 0 Å². The summed E-state index contributed by atoms with van der Waals surface area (Å²) in [5.74, 6) is 0. The van der Waals surface area contributed by atoms with Crippen molar-refractivity contribution in [2.75, 3.05) is 13.6 Å². The molecule has 1 aromatic rings. The molecule has 0 aliphatic carbocycles. The molecule has 2 nitrogen and oxygen atoms in total. The second-order valence-electron chi connectivity index (χ2n) is 5.01. The minimum absolute atomic E-state index is 0.239. The van der Waals surface area contributed by atoms with E-state index in [1.54, 1.807) is 0 Å². The summed E-state index contributed by atoms with van der Waals surface area (Å²) < 4.78 is 0. The van der Waals surface area contributed by atoms with Gasteiger partial charge in [0, 0.05) is 6.04 Å². The van der Waals surface area contributed by atoms with E-state index in [0.29, 0.717) is 0 Å². The molecule has 16 heavy (non-hydrogen) atoms. The van der Waals surface area contributed by atoms with Crippen LogP contribution in [0.3, 0.4) is 0 Å². The van der Waals surface area contributed by atoms with Crippen molar-refractivity contribution in [3.8, 4) is 0 Å². The van der Waals surface area contributed by atoms with Crippen molar-refractivity contribution < 1.29 is 5.11 Å². The molecule has 2 heteroatoms. The summed E-state index contributed by atoms with van der Waals surface area (Å²) >= 11 is 0. The second-order valence-corrected chi connectivity index (χ2v) is 5.01. The van der Waals surface area contributed by atoms with E-state index in [2.05, 4.69) is 11.9 Å². The second kappa shape index (κ2) is 4.56. The molecule has 2 rings (SSSR count). The molecule has 0 saturated carbocycles. The Bertz CT molecular complexity index is 334. The zero-order chi connectivity index (χ0) is 11.6. The molecule has 1 aromatic carbocycles. The third-order valence-corrected chi connectivity index (χ3v) is 3.78. The Morgan fingerprint density at radius 3 is 2.56 bits per heavy atom. The normalized spacial score (nSPS) is 26.3. The molecule has 0 radical (unpaired) electrons. The minimum atomic E-state index is -0.740. The SMILES string of the molecule is CN1CCCC[C@@H]1[C@](C)(O)c1ccccc1. The highest BCUT2D eigenvalue weighted by Gasteiger charge is 2.37. The molecule has 1 aliphatic heterocycles. The van der Waals surface area contributed by atoms with Crippen LogP contribution in [0.15, 0.2) is 30.3 Å². The zero-order valence-corrected chi connectivity index (χ0v) is 10.2. The summed E-state index contributed by atoms with van der Waals surface area (Å²) in [6.07, 6.45) is 3.55. The maximum Gasteiger partial charge on any atom is 0.102 e. The molecule has 1 N–H and O–H groups in total. The lowest BCUT2D eigenvalue weighted by Crippen LogP contribution is -2.49. The van der Waals surface area contributed by atoms with Gasteiger partial charge >= 0.3 is 0 Å². The van der Waals surface area contributed by atoms with Gasteiger partial charge in [-0.05, 0) is 38.9 Å². The van der Waals surface area contributed by atoms with Gasteiger partial charge in [0.25, 0.3) is 0 Å². The van der Waals surface area contributed by atoms with Crippen molar-refractivity contribution in [1.82, 2.24) is 4.90 Å². The predicted molar refractivity (Wildman–Crippen MR) is 66.3 cm³/mol. The Labute approximate surface area is 97.9 Å². The van der Waals surface area contributed by atoms with Gasteiger partial charge in [0.2, 0.25) is 0 Å². The Morgan fingerprint density at radius 1 is 1.25 bits per heavy atom. The van der Waals surface area contributed by atoms with Crippen molar-refractivity contribution in [1.29, 1.82) is 0 Å². The monoisotopic (exact) mass is 219 g/mol. The molecule has 0 aromatic heterocycles. The molecule has 2 atom stereocenters. The first-order valence-corrected chi connectivity index (χ1v) is 6.10. The van der Waals surface area contributed by atoms with Crippen LogP contribution in [0.1, 0.15) is 31.7 Å². The first-order chi connectivity index (χ1) is 7.62. The number of aliphatic hydroxyl groups is 1. The first-order valence-electron chi connectivity index (χ1n) is 6.10. The average molecular weight is 219 g/mol. The van der Waals surface area contributed by atoms with E-state index in [4.69, 9.17) is 0 Å². The van der Waals surface area contributed by atoms with Crippen LogP contribution < -0.4 is 0 Å². The number of piperidine rings is 1. The van der Waals surface area contributed by atoms with Crippen molar-refractivity contribution in [2.24, 2.45) is 0 Å². The van der Waals surface area contributed by atoms with Gasteiger partial charge in [-0.1, -0.05) is 36.8 Å². The molecular weight excluding hydrogens is 198 g/mol. The van der Waals surface area contributed by atoms with Gasteiger partial charge in [0.05, 0.1) is 0 Å². The van der Waals surface area contributed by atoms with Gasteiger partial charge in [-0.25, -0.2) is 0 Å². The van der Waals surface area contributed by atoms with E-state index in [1.807, 2.05) is 37.3 Å². The Balaban J connectivity index is 2.23. The van der Waals surface area contributed by atoms with Crippen LogP contribution in [0, 0.1) is 0 Å². The van der Waals surface area contributed by atoms with Gasteiger partial charge in [0.1, 0.15) is 5.60 Å².